The Morgan fingerprint density at radius 1 is 1.05 bits per heavy atom. The third-order valence-electron chi connectivity index (χ3n) is 3.55. The molecule has 1 aliphatic rings. The van der Waals surface area contributed by atoms with E-state index in [1.165, 1.54) is 5.56 Å². The van der Waals surface area contributed by atoms with E-state index >= 15 is 0 Å². The third-order valence-corrected chi connectivity index (χ3v) is 4.72. The molecule has 1 aliphatic heterocycles. The maximum Gasteiger partial charge on any atom is 0.0786 e. The molecule has 1 aromatic carbocycles. The first-order valence-electron chi connectivity index (χ1n) is 6.65. The van der Waals surface area contributed by atoms with Gasteiger partial charge < -0.3 is 0 Å². The summed E-state index contributed by atoms with van der Waals surface area (Å²) >= 11 is 0. The van der Waals surface area contributed by atoms with Crippen molar-refractivity contribution in [2.75, 3.05) is 0 Å². The summed E-state index contributed by atoms with van der Waals surface area (Å²) in [4.78, 5) is 5.32. The van der Waals surface area contributed by atoms with E-state index < -0.39 is 10.8 Å². The lowest BCUT2D eigenvalue weighted by atomic mass is 9.86. The van der Waals surface area contributed by atoms with E-state index in [4.69, 9.17) is 0 Å². The molecule has 0 aliphatic carbocycles. The zero-order valence-corrected chi connectivity index (χ0v) is 12.7. The van der Waals surface area contributed by atoms with Gasteiger partial charge in [-0.1, -0.05) is 45.0 Å². The van der Waals surface area contributed by atoms with Gasteiger partial charge in [0.05, 0.1) is 21.4 Å². The highest BCUT2D eigenvalue weighted by Crippen LogP contribution is 2.32. The number of pyridine rings is 1. The fourth-order valence-corrected chi connectivity index (χ4v) is 3.34. The third kappa shape index (κ3) is 2.22. The maximum atomic E-state index is 11.8. The Hall–Kier alpha value is -1.74. The maximum absolute atomic E-state index is 11.8. The van der Waals surface area contributed by atoms with Crippen molar-refractivity contribution in [3.63, 3.8) is 0 Å². The molecule has 2 heterocycles. The molecule has 1 atom stereocenters. The van der Waals surface area contributed by atoms with Crippen molar-refractivity contribution in [3.8, 4) is 11.3 Å². The number of aromatic nitrogens is 1. The van der Waals surface area contributed by atoms with Gasteiger partial charge in [-0.2, -0.15) is 0 Å². The summed E-state index contributed by atoms with van der Waals surface area (Å²) in [6.45, 7) is 6.60. The lowest BCUT2D eigenvalue weighted by Gasteiger charge is -2.19. The second kappa shape index (κ2) is 4.67. The predicted molar refractivity (Wildman–Crippen MR) is 83.8 cm³/mol. The Bertz CT molecular complexity index is 709. The highest BCUT2D eigenvalue weighted by atomic mass is 32.2. The first kappa shape index (κ1) is 13.3. The molecule has 0 fully saturated rings. The van der Waals surface area contributed by atoms with E-state index in [-0.39, 0.29) is 5.41 Å². The lowest BCUT2D eigenvalue weighted by molar-refractivity contribution is 0.590. The number of benzene rings is 1. The highest BCUT2D eigenvalue weighted by Gasteiger charge is 2.18. The van der Waals surface area contributed by atoms with Crippen LogP contribution >= 0.6 is 0 Å². The SMILES string of the molecule is CC(C)(C)c1ccc(-c2nccc3c2C=CS3=O)cc1. The number of hydrogen-bond donors (Lipinski definition) is 0. The van der Waals surface area contributed by atoms with Crippen molar-refractivity contribution in [1.29, 1.82) is 0 Å². The zero-order valence-electron chi connectivity index (χ0n) is 11.9. The van der Waals surface area contributed by atoms with Crippen molar-refractivity contribution in [1.82, 2.24) is 4.98 Å². The second-order valence-electron chi connectivity index (χ2n) is 6.00. The summed E-state index contributed by atoms with van der Waals surface area (Å²) in [6.07, 6.45) is 3.64. The van der Waals surface area contributed by atoms with Crippen molar-refractivity contribution >= 4 is 16.9 Å². The molecule has 0 bridgehead atoms. The van der Waals surface area contributed by atoms with Crippen molar-refractivity contribution < 1.29 is 4.21 Å². The van der Waals surface area contributed by atoms with Crippen LogP contribution in [0.5, 0.6) is 0 Å². The minimum absolute atomic E-state index is 0.145. The summed E-state index contributed by atoms with van der Waals surface area (Å²) in [7, 11) is -1.02. The molecule has 0 amide bonds. The van der Waals surface area contributed by atoms with Gasteiger partial charge in [0, 0.05) is 22.7 Å². The molecule has 3 rings (SSSR count). The van der Waals surface area contributed by atoms with Gasteiger partial charge in [0.25, 0.3) is 0 Å². The molecule has 20 heavy (non-hydrogen) atoms. The largest absolute Gasteiger partial charge is 0.256 e. The molecule has 2 nitrogen and oxygen atoms in total. The number of fused-ring (bicyclic) bond motifs is 1. The van der Waals surface area contributed by atoms with Crippen LogP contribution in [0.1, 0.15) is 31.9 Å². The summed E-state index contributed by atoms with van der Waals surface area (Å²) in [5.41, 5.74) is 4.40. The average Bonchev–Trinajstić information content (AvgIpc) is 2.80. The summed E-state index contributed by atoms with van der Waals surface area (Å²) in [6, 6.07) is 10.3. The number of hydrogen-bond acceptors (Lipinski definition) is 2. The zero-order chi connectivity index (χ0) is 14.3. The molecule has 2 aromatic rings. The van der Waals surface area contributed by atoms with Crippen molar-refractivity contribution in [2.24, 2.45) is 0 Å². The van der Waals surface area contributed by atoms with E-state index in [9.17, 15) is 4.21 Å². The molecule has 0 N–H and O–H groups in total. The molecular weight excluding hydrogens is 266 g/mol. The van der Waals surface area contributed by atoms with Crippen LogP contribution in [0.2, 0.25) is 0 Å². The predicted octanol–water partition coefficient (Wildman–Crippen LogP) is 4.14. The van der Waals surface area contributed by atoms with Crippen LogP contribution in [0.25, 0.3) is 17.3 Å². The van der Waals surface area contributed by atoms with Crippen LogP contribution in [-0.2, 0) is 16.2 Å². The fraction of sp³-hybridized carbons (Fsp3) is 0.235. The van der Waals surface area contributed by atoms with E-state index in [0.29, 0.717) is 0 Å². The summed E-state index contributed by atoms with van der Waals surface area (Å²) in [5, 5.41) is 1.72. The standard InChI is InChI=1S/C17H17NOS/c1-17(2,3)13-6-4-12(5-7-13)16-14-9-11-20(19)15(14)8-10-18-16/h4-11H,1-3H3. The quantitative estimate of drug-likeness (QED) is 0.787. The van der Waals surface area contributed by atoms with Crippen LogP contribution in [0.4, 0.5) is 0 Å². The molecular formula is C17H17NOS. The summed E-state index contributed by atoms with van der Waals surface area (Å²) in [5.74, 6) is 0. The molecule has 1 unspecified atom stereocenters. The lowest BCUT2D eigenvalue weighted by Crippen LogP contribution is -2.10. The van der Waals surface area contributed by atoms with E-state index in [2.05, 4.69) is 50.0 Å². The van der Waals surface area contributed by atoms with E-state index in [0.717, 1.165) is 21.7 Å². The fourth-order valence-electron chi connectivity index (χ4n) is 2.35. The van der Waals surface area contributed by atoms with Crippen LogP contribution in [0.15, 0.2) is 46.8 Å². The van der Waals surface area contributed by atoms with Gasteiger partial charge in [-0.25, -0.2) is 4.21 Å². The normalized spacial score (nSPS) is 17.2. The Kier molecular flexibility index (Phi) is 3.09. The topological polar surface area (TPSA) is 30.0 Å². The second-order valence-corrected chi connectivity index (χ2v) is 7.31. The molecule has 3 heteroatoms. The molecule has 1 aromatic heterocycles. The average molecular weight is 283 g/mol. The highest BCUT2D eigenvalue weighted by molar-refractivity contribution is 7.88. The molecule has 0 saturated carbocycles. The van der Waals surface area contributed by atoms with Crippen molar-refractivity contribution in [3.05, 3.63) is 53.1 Å². The van der Waals surface area contributed by atoms with Gasteiger partial charge in [0.2, 0.25) is 0 Å². The van der Waals surface area contributed by atoms with Crippen LogP contribution in [0.3, 0.4) is 0 Å². The monoisotopic (exact) mass is 283 g/mol. The summed E-state index contributed by atoms with van der Waals surface area (Å²) < 4.78 is 11.8. The Labute approximate surface area is 122 Å². The Morgan fingerprint density at radius 3 is 2.40 bits per heavy atom. The molecule has 102 valence electrons. The smallest absolute Gasteiger partial charge is 0.0786 e. The van der Waals surface area contributed by atoms with Crippen LogP contribution in [-0.4, -0.2) is 9.19 Å². The first-order valence-corrected chi connectivity index (χ1v) is 7.87. The Balaban J connectivity index is 2.07. The minimum atomic E-state index is -1.02. The van der Waals surface area contributed by atoms with E-state index in [1.807, 2.05) is 12.1 Å². The van der Waals surface area contributed by atoms with Gasteiger partial charge in [0.1, 0.15) is 0 Å². The van der Waals surface area contributed by atoms with Crippen LogP contribution < -0.4 is 0 Å². The minimum Gasteiger partial charge on any atom is -0.256 e. The molecule has 0 spiro atoms. The Morgan fingerprint density at radius 2 is 1.75 bits per heavy atom. The van der Waals surface area contributed by atoms with Crippen LogP contribution in [0, 0.1) is 0 Å². The van der Waals surface area contributed by atoms with E-state index in [1.54, 1.807) is 11.6 Å². The van der Waals surface area contributed by atoms with Gasteiger partial charge in [-0.05, 0) is 23.1 Å². The first-order chi connectivity index (χ1) is 9.47. The number of nitrogens with zero attached hydrogens (tertiary/aromatic N) is 1. The molecule has 0 radical (unpaired) electrons. The van der Waals surface area contributed by atoms with Gasteiger partial charge >= 0.3 is 0 Å². The van der Waals surface area contributed by atoms with Gasteiger partial charge in [-0.15, -0.1) is 0 Å². The van der Waals surface area contributed by atoms with Crippen molar-refractivity contribution in [2.45, 2.75) is 31.1 Å². The number of rotatable bonds is 1. The molecule has 0 saturated heterocycles. The van der Waals surface area contributed by atoms with Gasteiger partial charge in [-0.3, -0.25) is 4.98 Å². The van der Waals surface area contributed by atoms with Gasteiger partial charge in [0.15, 0.2) is 0 Å².